The number of hydrogen-bond acceptors (Lipinski definition) is 3. The number of halogens is 1. The molecule has 1 aromatic rings. The normalized spacial score (nSPS) is 15.5. The van der Waals surface area contributed by atoms with Crippen molar-refractivity contribution < 1.29 is 14.3 Å². The molecule has 0 saturated carbocycles. The second kappa shape index (κ2) is 7.69. The number of benzene rings is 1. The SMILES string of the molecule is CCOc1c(Br)cc(C(=O)N2CCCCCC2)cc1OC. The summed E-state index contributed by atoms with van der Waals surface area (Å²) in [5, 5.41) is 0. The fraction of sp³-hybridized carbons (Fsp3) is 0.562. The number of rotatable bonds is 4. The van der Waals surface area contributed by atoms with E-state index >= 15 is 0 Å². The largest absolute Gasteiger partial charge is 0.493 e. The Labute approximate surface area is 134 Å². The molecular formula is C16H22BrNO3. The summed E-state index contributed by atoms with van der Waals surface area (Å²) >= 11 is 3.47. The van der Waals surface area contributed by atoms with E-state index in [0.717, 1.165) is 30.4 Å². The van der Waals surface area contributed by atoms with E-state index in [-0.39, 0.29) is 5.91 Å². The van der Waals surface area contributed by atoms with Gasteiger partial charge in [-0.1, -0.05) is 12.8 Å². The van der Waals surface area contributed by atoms with Gasteiger partial charge in [0.2, 0.25) is 0 Å². The quantitative estimate of drug-likeness (QED) is 0.822. The van der Waals surface area contributed by atoms with Crippen molar-refractivity contribution in [2.75, 3.05) is 26.8 Å². The van der Waals surface area contributed by atoms with Gasteiger partial charge in [-0.25, -0.2) is 0 Å². The van der Waals surface area contributed by atoms with E-state index in [1.165, 1.54) is 12.8 Å². The number of carbonyl (C=O) groups excluding carboxylic acids is 1. The molecule has 1 fully saturated rings. The zero-order valence-electron chi connectivity index (χ0n) is 12.7. The lowest BCUT2D eigenvalue weighted by Gasteiger charge is -2.21. The lowest BCUT2D eigenvalue weighted by atomic mass is 10.1. The minimum absolute atomic E-state index is 0.0685. The Morgan fingerprint density at radius 3 is 2.48 bits per heavy atom. The summed E-state index contributed by atoms with van der Waals surface area (Å²) in [4.78, 5) is 14.6. The summed E-state index contributed by atoms with van der Waals surface area (Å²) in [6.07, 6.45) is 4.59. The molecule has 1 aliphatic rings. The Bertz CT molecular complexity index is 497. The van der Waals surface area contributed by atoms with Crippen molar-refractivity contribution in [3.8, 4) is 11.5 Å². The molecule has 0 aliphatic carbocycles. The van der Waals surface area contributed by atoms with Crippen molar-refractivity contribution in [2.45, 2.75) is 32.6 Å². The highest BCUT2D eigenvalue weighted by molar-refractivity contribution is 9.10. The van der Waals surface area contributed by atoms with E-state index in [1.54, 1.807) is 13.2 Å². The Hall–Kier alpha value is -1.23. The maximum Gasteiger partial charge on any atom is 0.254 e. The standard InChI is InChI=1S/C16H22BrNO3/c1-3-21-15-13(17)10-12(11-14(15)20-2)16(19)18-8-6-4-5-7-9-18/h10-11H,3-9H2,1-2H3. The number of methoxy groups -OCH3 is 1. The third-order valence-corrected chi connectivity index (χ3v) is 4.25. The maximum absolute atomic E-state index is 12.7. The highest BCUT2D eigenvalue weighted by atomic mass is 79.9. The molecule has 0 bridgehead atoms. The number of carbonyl (C=O) groups is 1. The monoisotopic (exact) mass is 355 g/mol. The first kappa shape index (κ1) is 16.1. The van der Waals surface area contributed by atoms with Gasteiger partial charge in [0.1, 0.15) is 0 Å². The third-order valence-electron chi connectivity index (χ3n) is 3.66. The van der Waals surface area contributed by atoms with Crippen LogP contribution in [-0.4, -0.2) is 37.6 Å². The Morgan fingerprint density at radius 1 is 1.24 bits per heavy atom. The second-order valence-corrected chi connectivity index (χ2v) is 5.98. The van der Waals surface area contributed by atoms with E-state index < -0.39 is 0 Å². The first-order valence-electron chi connectivity index (χ1n) is 7.47. The molecule has 1 heterocycles. The molecule has 0 unspecified atom stereocenters. The van der Waals surface area contributed by atoms with Crippen molar-refractivity contribution >= 4 is 21.8 Å². The molecule has 21 heavy (non-hydrogen) atoms. The third kappa shape index (κ3) is 3.90. The van der Waals surface area contributed by atoms with Gasteiger partial charge in [0.25, 0.3) is 5.91 Å². The van der Waals surface area contributed by atoms with E-state index in [2.05, 4.69) is 15.9 Å². The Morgan fingerprint density at radius 2 is 1.90 bits per heavy atom. The summed E-state index contributed by atoms with van der Waals surface area (Å²) in [5.74, 6) is 1.30. The van der Waals surface area contributed by atoms with Crippen molar-refractivity contribution in [3.63, 3.8) is 0 Å². The van der Waals surface area contributed by atoms with E-state index in [9.17, 15) is 4.79 Å². The number of hydrogen-bond donors (Lipinski definition) is 0. The van der Waals surface area contributed by atoms with E-state index in [1.807, 2.05) is 17.9 Å². The van der Waals surface area contributed by atoms with Gasteiger partial charge < -0.3 is 14.4 Å². The average molecular weight is 356 g/mol. The lowest BCUT2D eigenvalue weighted by molar-refractivity contribution is 0.0761. The molecule has 116 valence electrons. The van der Waals surface area contributed by atoms with Gasteiger partial charge in [-0.3, -0.25) is 4.79 Å². The number of amides is 1. The van der Waals surface area contributed by atoms with Crippen LogP contribution in [0, 0.1) is 0 Å². The maximum atomic E-state index is 12.7. The van der Waals surface area contributed by atoms with Crippen molar-refractivity contribution in [3.05, 3.63) is 22.2 Å². The molecule has 1 amide bonds. The zero-order chi connectivity index (χ0) is 15.2. The lowest BCUT2D eigenvalue weighted by Crippen LogP contribution is -2.31. The summed E-state index contributed by atoms with van der Waals surface area (Å²) in [6.45, 7) is 4.15. The predicted octanol–water partition coefficient (Wildman–Crippen LogP) is 3.87. The fourth-order valence-corrected chi connectivity index (χ4v) is 3.14. The first-order valence-corrected chi connectivity index (χ1v) is 8.26. The molecule has 1 saturated heterocycles. The van der Waals surface area contributed by atoms with Crippen LogP contribution in [0.5, 0.6) is 11.5 Å². The molecular weight excluding hydrogens is 334 g/mol. The molecule has 0 aromatic heterocycles. The van der Waals surface area contributed by atoms with Gasteiger partial charge >= 0.3 is 0 Å². The highest BCUT2D eigenvalue weighted by Gasteiger charge is 2.20. The van der Waals surface area contributed by atoms with Gasteiger partial charge in [-0.2, -0.15) is 0 Å². The van der Waals surface area contributed by atoms with Crippen molar-refractivity contribution in [1.82, 2.24) is 4.90 Å². The molecule has 1 aromatic carbocycles. The molecule has 0 N–H and O–H groups in total. The van der Waals surface area contributed by atoms with Crippen LogP contribution >= 0.6 is 15.9 Å². The topological polar surface area (TPSA) is 38.8 Å². The van der Waals surface area contributed by atoms with Crippen LogP contribution < -0.4 is 9.47 Å². The van der Waals surface area contributed by atoms with Crippen LogP contribution in [0.2, 0.25) is 0 Å². The molecule has 0 radical (unpaired) electrons. The highest BCUT2D eigenvalue weighted by Crippen LogP contribution is 2.37. The van der Waals surface area contributed by atoms with Gasteiger partial charge in [0.05, 0.1) is 18.2 Å². The smallest absolute Gasteiger partial charge is 0.254 e. The summed E-state index contributed by atoms with van der Waals surface area (Å²) in [5.41, 5.74) is 0.643. The Kier molecular flexibility index (Phi) is 5.91. The number of likely N-dealkylation sites (tertiary alicyclic amines) is 1. The average Bonchev–Trinajstić information content (AvgIpc) is 2.77. The van der Waals surface area contributed by atoms with Crippen LogP contribution in [0.3, 0.4) is 0 Å². The minimum Gasteiger partial charge on any atom is -0.493 e. The van der Waals surface area contributed by atoms with Crippen LogP contribution in [0.15, 0.2) is 16.6 Å². The van der Waals surface area contributed by atoms with E-state index in [4.69, 9.17) is 9.47 Å². The van der Waals surface area contributed by atoms with Crippen LogP contribution in [0.1, 0.15) is 43.0 Å². The predicted molar refractivity (Wildman–Crippen MR) is 86.2 cm³/mol. The van der Waals surface area contributed by atoms with Crippen molar-refractivity contribution in [2.24, 2.45) is 0 Å². The van der Waals surface area contributed by atoms with Crippen LogP contribution in [-0.2, 0) is 0 Å². The van der Waals surface area contributed by atoms with E-state index in [0.29, 0.717) is 23.7 Å². The zero-order valence-corrected chi connectivity index (χ0v) is 14.2. The fourth-order valence-electron chi connectivity index (χ4n) is 2.58. The van der Waals surface area contributed by atoms with Gasteiger partial charge in [0.15, 0.2) is 11.5 Å². The first-order chi connectivity index (χ1) is 10.2. The summed E-state index contributed by atoms with van der Waals surface area (Å²) < 4.78 is 11.7. The molecule has 2 rings (SSSR count). The van der Waals surface area contributed by atoms with Crippen LogP contribution in [0.4, 0.5) is 0 Å². The molecule has 0 spiro atoms. The molecule has 0 atom stereocenters. The second-order valence-electron chi connectivity index (χ2n) is 5.13. The molecule has 1 aliphatic heterocycles. The summed E-state index contributed by atoms with van der Waals surface area (Å²) in [6, 6.07) is 3.59. The summed E-state index contributed by atoms with van der Waals surface area (Å²) in [7, 11) is 1.59. The number of ether oxygens (including phenoxy) is 2. The Balaban J connectivity index is 2.26. The van der Waals surface area contributed by atoms with Gasteiger partial charge in [-0.15, -0.1) is 0 Å². The van der Waals surface area contributed by atoms with Gasteiger partial charge in [0, 0.05) is 18.7 Å². The molecule has 5 heteroatoms. The number of nitrogens with zero attached hydrogens (tertiary/aromatic N) is 1. The van der Waals surface area contributed by atoms with Crippen molar-refractivity contribution in [1.29, 1.82) is 0 Å². The van der Waals surface area contributed by atoms with Gasteiger partial charge in [-0.05, 0) is 47.8 Å². The minimum atomic E-state index is 0.0685. The van der Waals surface area contributed by atoms with Crippen LogP contribution in [0.25, 0.3) is 0 Å². The molecule has 4 nitrogen and oxygen atoms in total.